The number of nitrogens with one attached hydrogen (secondary N) is 2. The summed E-state index contributed by atoms with van der Waals surface area (Å²) in [4.78, 5) is 23.0. The van der Waals surface area contributed by atoms with Crippen LogP contribution >= 0.6 is 0 Å². The van der Waals surface area contributed by atoms with E-state index in [1.165, 1.54) is 25.3 Å². The molecule has 8 heteroatoms. The van der Waals surface area contributed by atoms with Gasteiger partial charge in [0.1, 0.15) is 5.56 Å². The molecule has 0 aliphatic carbocycles. The molecule has 2 rings (SSSR count). The molecule has 0 saturated heterocycles. The number of nitrogens with zero attached hydrogens (tertiary/aromatic N) is 2. The van der Waals surface area contributed by atoms with Crippen LogP contribution in [0.4, 0.5) is 11.5 Å². The number of aryl methyl sites for hydroxylation is 1. The van der Waals surface area contributed by atoms with Crippen LogP contribution in [0.1, 0.15) is 36.3 Å². The molecule has 0 fully saturated rings. The van der Waals surface area contributed by atoms with Crippen molar-refractivity contribution >= 4 is 17.4 Å². The van der Waals surface area contributed by atoms with Gasteiger partial charge in [0.05, 0.1) is 12.0 Å². The Labute approximate surface area is 139 Å². The first-order valence-corrected chi connectivity index (χ1v) is 7.59. The SMILES string of the molecule is COc1cccc(C(=O)Nc2cc(CCC(C)C)[nH]n2)c1[N+](=O)[O-]. The normalized spacial score (nSPS) is 10.7. The summed E-state index contributed by atoms with van der Waals surface area (Å²) >= 11 is 0. The Morgan fingerprint density at radius 3 is 2.83 bits per heavy atom. The van der Waals surface area contributed by atoms with Gasteiger partial charge in [0.25, 0.3) is 5.91 Å². The van der Waals surface area contributed by atoms with Crippen molar-refractivity contribution in [3.63, 3.8) is 0 Å². The zero-order chi connectivity index (χ0) is 17.7. The molecule has 24 heavy (non-hydrogen) atoms. The van der Waals surface area contributed by atoms with Gasteiger partial charge in [-0.05, 0) is 30.9 Å². The summed E-state index contributed by atoms with van der Waals surface area (Å²) in [6, 6.07) is 6.07. The first kappa shape index (κ1) is 17.5. The first-order chi connectivity index (χ1) is 11.4. The van der Waals surface area contributed by atoms with E-state index in [9.17, 15) is 14.9 Å². The number of nitro benzene ring substituents is 1. The van der Waals surface area contributed by atoms with E-state index in [2.05, 4.69) is 29.4 Å². The van der Waals surface area contributed by atoms with Crippen molar-refractivity contribution in [2.75, 3.05) is 12.4 Å². The average molecular weight is 332 g/mol. The van der Waals surface area contributed by atoms with E-state index in [0.29, 0.717) is 11.7 Å². The number of carbonyl (C=O) groups is 1. The summed E-state index contributed by atoms with van der Waals surface area (Å²) in [6.07, 6.45) is 1.82. The van der Waals surface area contributed by atoms with Gasteiger partial charge < -0.3 is 10.1 Å². The van der Waals surface area contributed by atoms with Crippen LogP contribution in [0, 0.1) is 16.0 Å². The van der Waals surface area contributed by atoms with Crippen LogP contribution in [-0.4, -0.2) is 28.1 Å². The third-order valence-corrected chi connectivity index (χ3v) is 3.51. The van der Waals surface area contributed by atoms with Crippen molar-refractivity contribution in [3.05, 3.63) is 45.6 Å². The number of methoxy groups -OCH3 is 1. The Morgan fingerprint density at radius 1 is 1.46 bits per heavy atom. The number of hydrogen-bond acceptors (Lipinski definition) is 5. The predicted molar refractivity (Wildman–Crippen MR) is 89.3 cm³/mol. The Kier molecular flexibility index (Phi) is 5.51. The number of aromatic nitrogens is 2. The van der Waals surface area contributed by atoms with Gasteiger partial charge in [0.15, 0.2) is 11.6 Å². The van der Waals surface area contributed by atoms with Crippen molar-refractivity contribution in [2.45, 2.75) is 26.7 Å². The molecule has 1 aromatic carbocycles. The van der Waals surface area contributed by atoms with Crippen molar-refractivity contribution in [1.82, 2.24) is 10.2 Å². The van der Waals surface area contributed by atoms with Crippen LogP contribution in [-0.2, 0) is 6.42 Å². The molecule has 0 radical (unpaired) electrons. The highest BCUT2D eigenvalue weighted by Gasteiger charge is 2.25. The topological polar surface area (TPSA) is 110 Å². The molecule has 0 spiro atoms. The highest BCUT2D eigenvalue weighted by molar-refractivity contribution is 6.07. The molecule has 2 N–H and O–H groups in total. The number of nitro groups is 1. The fourth-order valence-electron chi connectivity index (χ4n) is 2.24. The molecule has 1 amide bonds. The predicted octanol–water partition coefficient (Wildman–Crippen LogP) is 3.17. The third kappa shape index (κ3) is 4.09. The van der Waals surface area contributed by atoms with Gasteiger partial charge in [-0.1, -0.05) is 19.9 Å². The zero-order valence-electron chi connectivity index (χ0n) is 13.8. The number of aromatic amines is 1. The minimum absolute atomic E-state index is 0.0345. The lowest BCUT2D eigenvalue weighted by Crippen LogP contribution is -2.14. The number of amides is 1. The molecule has 0 aliphatic heterocycles. The summed E-state index contributed by atoms with van der Waals surface area (Å²) in [5, 5.41) is 20.7. The van der Waals surface area contributed by atoms with Gasteiger partial charge >= 0.3 is 5.69 Å². The maximum absolute atomic E-state index is 12.4. The standard InChI is InChI=1S/C16H20N4O4/c1-10(2)7-8-11-9-14(19-18-11)17-16(21)12-5-4-6-13(24-3)15(12)20(22)23/h4-6,9-10H,7-8H2,1-3H3,(H2,17,18,19,21). The van der Waals surface area contributed by atoms with E-state index in [1.54, 1.807) is 6.07 Å². The summed E-state index contributed by atoms with van der Waals surface area (Å²) in [5.74, 6) is 0.316. The van der Waals surface area contributed by atoms with Crippen molar-refractivity contribution < 1.29 is 14.5 Å². The van der Waals surface area contributed by atoms with E-state index < -0.39 is 10.8 Å². The molecule has 0 unspecified atom stereocenters. The Bertz CT molecular complexity index is 739. The van der Waals surface area contributed by atoms with Crippen LogP contribution in [0.25, 0.3) is 0 Å². The number of rotatable bonds is 7. The van der Waals surface area contributed by atoms with Gasteiger partial charge in [-0.15, -0.1) is 0 Å². The van der Waals surface area contributed by atoms with E-state index in [1.807, 2.05) is 0 Å². The zero-order valence-corrected chi connectivity index (χ0v) is 13.8. The van der Waals surface area contributed by atoms with Gasteiger partial charge in [0, 0.05) is 11.8 Å². The van der Waals surface area contributed by atoms with E-state index in [0.717, 1.165) is 18.5 Å². The van der Waals surface area contributed by atoms with E-state index in [4.69, 9.17) is 4.74 Å². The maximum Gasteiger partial charge on any atom is 0.323 e. The molecule has 1 aromatic heterocycles. The van der Waals surface area contributed by atoms with Gasteiger partial charge in [0.2, 0.25) is 0 Å². The smallest absolute Gasteiger partial charge is 0.323 e. The van der Waals surface area contributed by atoms with Gasteiger partial charge in [-0.2, -0.15) is 5.10 Å². The van der Waals surface area contributed by atoms with Crippen LogP contribution < -0.4 is 10.1 Å². The second-order valence-corrected chi connectivity index (χ2v) is 5.78. The Hall–Kier alpha value is -2.90. The molecule has 0 bridgehead atoms. The number of H-pyrrole nitrogens is 1. The molecular formula is C16H20N4O4. The monoisotopic (exact) mass is 332 g/mol. The first-order valence-electron chi connectivity index (χ1n) is 7.59. The number of anilines is 1. The molecule has 0 aliphatic rings. The second-order valence-electron chi connectivity index (χ2n) is 5.78. The van der Waals surface area contributed by atoms with Gasteiger partial charge in [-0.3, -0.25) is 20.0 Å². The van der Waals surface area contributed by atoms with Gasteiger partial charge in [-0.25, -0.2) is 0 Å². The van der Waals surface area contributed by atoms with Crippen molar-refractivity contribution in [1.29, 1.82) is 0 Å². The summed E-state index contributed by atoms with van der Waals surface area (Å²) < 4.78 is 4.96. The fourth-order valence-corrected chi connectivity index (χ4v) is 2.24. The minimum atomic E-state index is -0.633. The maximum atomic E-state index is 12.4. The quantitative estimate of drug-likeness (QED) is 0.597. The van der Waals surface area contributed by atoms with E-state index >= 15 is 0 Å². The number of hydrogen-bond donors (Lipinski definition) is 2. The van der Waals surface area contributed by atoms with Crippen LogP contribution in [0.2, 0.25) is 0 Å². The number of benzene rings is 1. The molecular weight excluding hydrogens is 312 g/mol. The summed E-state index contributed by atoms with van der Waals surface area (Å²) in [5.41, 5.74) is 0.457. The van der Waals surface area contributed by atoms with Crippen LogP contribution in [0.3, 0.4) is 0 Å². The lowest BCUT2D eigenvalue weighted by atomic mass is 10.1. The van der Waals surface area contributed by atoms with Crippen LogP contribution in [0.5, 0.6) is 5.75 Å². The summed E-state index contributed by atoms with van der Waals surface area (Å²) in [6.45, 7) is 4.25. The number of ether oxygens (including phenoxy) is 1. The third-order valence-electron chi connectivity index (χ3n) is 3.51. The second kappa shape index (κ2) is 7.58. The highest BCUT2D eigenvalue weighted by atomic mass is 16.6. The Balaban J connectivity index is 2.17. The van der Waals surface area contributed by atoms with E-state index in [-0.39, 0.29) is 17.0 Å². The fraction of sp³-hybridized carbons (Fsp3) is 0.375. The molecule has 1 heterocycles. The molecule has 8 nitrogen and oxygen atoms in total. The molecule has 128 valence electrons. The average Bonchev–Trinajstić information content (AvgIpc) is 2.99. The number of carbonyl (C=O) groups excluding carboxylic acids is 1. The van der Waals surface area contributed by atoms with Crippen LogP contribution in [0.15, 0.2) is 24.3 Å². The molecule has 2 aromatic rings. The lowest BCUT2D eigenvalue weighted by molar-refractivity contribution is -0.386. The molecule has 0 atom stereocenters. The van der Waals surface area contributed by atoms with Crippen molar-refractivity contribution in [2.24, 2.45) is 5.92 Å². The lowest BCUT2D eigenvalue weighted by Gasteiger charge is -2.06. The highest BCUT2D eigenvalue weighted by Crippen LogP contribution is 2.30. The summed E-state index contributed by atoms with van der Waals surface area (Å²) in [7, 11) is 1.32. The minimum Gasteiger partial charge on any atom is -0.490 e. The number of para-hydroxylation sites is 1. The molecule has 0 saturated carbocycles. The van der Waals surface area contributed by atoms with Crippen molar-refractivity contribution in [3.8, 4) is 5.75 Å². The Morgan fingerprint density at radius 2 is 2.21 bits per heavy atom. The largest absolute Gasteiger partial charge is 0.490 e.